The van der Waals surface area contributed by atoms with Crippen LogP contribution in [0.15, 0.2) is 63.5 Å². The first-order chi connectivity index (χ1) is 19.4. The number of amides is 2. The average molecular weight is 645 g/mol. The summed E-state index contributed by atoms with van der Waals surface area (Å²) in [6.45, 7) is 0.0949. The van der Waals surface area contributed by atoms with Crippen molar-refractivity contribution in [3.63, 3.8) is 0 Å². The number of carboxylic acids is 1. The van der Waals surface area contributed by atoms with Crippen molar-refractivity contribution in [3.8, 4) is 0 Å². The Morgan fingerprint density at radius 1 is 1.02 bits per heavy atom. The van der Waals surface area contributed by atoms with E-state index < -0.39 is 65.2 Å². The van der Waals surface area contributed by atoms with Gasteiger partial charge in [0.15, 0.2) is 5.78 Å². The van der Waals surface area contributed by atoms with Crippen LogP contribution in [0.2, 0.25) is 10.0 Å². The molecule has 0 spiro atoms. The van der Waals surface area contributed by atoms with E-state index in [2.05, 4.69) is 30.8 Å². The number of rotatable bonds is 14. The van der Waals surface area contributed by atoms with E-state index in [-0.39, 0.29) is 10.1 Å². The van der Waals surface area contributed by atoms with Crippen LogP contribution in [-0.2, 0) is 35.7 Å². The maximum absolute atomic E-state index is 12.8. The molecule has 41 heavy (non-hydrogen) atoms. The van der Waals surface area contributed by atoms with Gasteiger partial charge in [-0.25, -0.2) is 13.1 Å². The second kappa shape index (κ2) is 14.4. The molecular weight excluding hydrogens is 621 g/mol. The summed E-state index contributed by atoms with van der Waals surface area (Å²) in [4.78, 5) is 50.4. The Balaban J connectivity index is 1.57. The fraction of sp³-hybridized carbons (Fsp3) is 0.261. The summed E-state index contributed by atoms with van der Waals surface area (Å²) in [5.41, 5.74) is 0. The van der Waals surface area contributed by atoms with Crippen LogP contribution in [0.5, 0.6) is 0 Å². The minimum Gasteiger partial charge on any atom is -0.481 e. The van der Waals surface area contributed by atoms with Gasteiger partial charge in [0.2, 0.25) is 27.0 Å². The highest BCUT2D eigenvalue weighted by atomic mass is 35.5. The molecule has 2 atom stereocenters. The second-order valence-electron chi connectivity index (χ2n) is 8.31. The number of hydrogen-bond donors (Lipinski definition) is 4. The number of hydrogen-bond acceptors (Lipinski definition) is 10. The molecule has 0 aliphatic rings. The molecule has 18 heteroatoms. The molecular formula is C23H23Cl2N7O7S2. The zero-order chi connectivity index (χ0) is 30.2. The van der Waals surface area contributed by atoms with E-state index in [0.29, 0.717) is 14.9 Å². The number of carbonyl (C=O) groups is 4. The highest BCUT2D eigenvalue weighted by Crippen LogP contribution is 2.36. The maximum Gasteiger partial charge on any atom is 0.305 e. The topological polar surface area (TPSA) is 202 Å². The van der Waals surface area contributed by atoms with Gasteiger partial charge in [0, 0.05) is 0 Å². The second-order valence-corrected chi connectivity index (χ2v) is 11.9. The predicted octanol–water partition coefficient (Wildman–Crippen LogP) is 1.14. The largest absolute Gasteiger partial charge is 0.481 e. The van der Waals surface area contributed by atoms with Crippen molar-refractivity contribution in [2.45, 2.75) is 46.9 Å². The standard InChI is InChI=1S/C23H23Cl2N7O7S2/c1-13(27-19(34)11-26-41(38,39)14-6-3-2-4-7-14)22(37)28-17(10-20(35)36)18(33)12-32-30-23(29-31-32)40-21-15(24)8-5-9-16(21)25/h2-9,13,17,26H,10-12H2,1H3,(H,27,34)(H,28,37)(H,35,36). The SMILES string of the molecule is CC(NC(=O)CNS(=O)(=O)c1ccccc1)C(=O)NC(CC(=O)O)C(=O)Cn1nnc(Sc2c(Cl)cccc2Cl)n1. The minimum absolute atomic E-state index is 0.0473. The van der Waals surface area contributed by atoms with E-state index in [1.165, 1.54) is 31.2 Å². The number of nitrogens with zero attached hydrogens (tertiary/aromatic N) is 4. The van der Waals surface area contributed by atoms with E-state index in [4.69, 9.17) is 23.2 Å². The lowest BCUT2D eigenvalue weighted by Gasteiger charge is -2.19. The molecule has 3 aromatic rings. The van der Waals surface area contributed by atoms with E-state index >= 15 is 0 Å². The number of tetrazole rings is 1. The van der Waals surface area contributed by atoms with E-state index in [9.17, 15) is 32.7 Å². The molecule has 1 heterocycles. The number of halogens is 2. The molecule has 2 unspecified atom stereocenters. The number of benzene rings is 2. The minimum atomic E-state index is -3.96. The van der Waals surface area contributed by atoms with Crippen molar-refractivity contribution in [2.24, 2.45) is 0 Å². The summed E-state index contributed by atoms with van der Waals surface area (Å²) in [6, 6.07) is 9.53. The average Bonchev–Trinajstić information content (AvgIpc) is 3.36. The monoisotopic (exact) mass is 643 g/mol. The first-order valence-electron chi connectivity index (χ1n) is 11.6. The quantitative estimate of drug-likeness (QED) is 0.196. The Bertz CT molecular complexity index is 1520. The van der Waals surface area contributed by atoms with Crippen LogP contribution in [0, 0.1) is 0 Å². The molecule has 2 aromatic carbocycles. The van der Waals surface area contributed by atoms with Crippen LogP contribution in [0.4, 0.5) is 0 Å². The third kappa shape index (κ3) is 9.50. The highest BCUT2D eigenvalue weighted by molar-refractivity contribution is 7.99. The highest BCUT2D eigenvalue weighted by Gasteiger charge is 2.27. The first-order valence-corrected chi connectivity index (χ1v) is 14.7. The van der Waals surface area contributed by atoms with Crippen molar-refractivity contribution in [2.75, 3.05) is 6.54 Å². The third-order valence-corrected chi connectivity index (χ3v) is 8.44. The summed E-state index contributed by atoms with van der Waals surface area (Å²) >= 11 is 13.3. The molecule has 14 nitrogen and oxygen atoms in total. The summed E-state index contributed by atoms with van der Waals surface area (Å²) in [7, 11) is -3.96. The number of ketones is 1. The van der Waals surface area contributed by atoms with Crippen molar-refractivity contribution in [3.05, 3.63) is 58.6 Å². The zero-order valence-corrected chi connectivity index (χ0v) is 24.3. The molecule has 0 radical (unpaired) electrons. The first kappa shape index (κ1) is 32.0. The van der Waals surface area contributed by atoms with Crippen molar-refractivity contribution >= 4 is 68.6 Å². The molecule has 3 rings (SSSR count). The smallest absolute Gasteiger partial charge is 0.305 e. The van der Waals surface area contributed by atoms with Gasteiger partial charge < -0.3 is 15.7 Å². The van der Waals surface area contributed by atoms with Gasteiger partial charge >= 0.3 is 5.97 Å². The summed E-state index contributed by atoms with van der Waals surface area (Å²) in [5.74, 6) is -3.82. The molecule has 4 N–H and O–H groups in total. The van der Waals surface area contributed by atoms with Crippen LogP contribution < -0.4 is 15.4 Å². The van der Waals surface area contributed by atoms with Gasteiger partial charge in [-0.15, -0.1) is 10.2 Å². The van der Waals surface area contributed by atoms with Gasteiger partial charge in [-0.3, -0.25) is 19.2 Å². The Kier molecular flexibility index (Phi) is 11.2. The van der Waals surface area contributed by atoms with E-state index in [0.717, 1.165) is 16.6 Å². The number of carbonyl (C=O) groups excluding carboxylic acids is 3. The van der Waals surface area contributed by atoms with E-state index in [1.807, 2.05) is 0 Å². The van der Waals surface area contributed by atoms with Crippen molar-refractivity contribution in [1.82, 2.24) is 35.6 Å². The summed E-state index contributed by atoms with van der Waals surface area (Å²) in [5, 5.41) is 26.3. The number of aromatic nitrogens is 4. The zero-order valence-electron chi connectivity index (χ0n) is 21.2. The lowest BCUT2D eigenvalue weighted by molar-refractivity contribution is -0.140. The molecule has 1 aromatic heterocycles. The fourth-order valence-electron chi connectivity index (χ4n) is 3.18. The molecule has 218 valence electrons. The number of aliphatic carboxylic acids is 1. The molecule has 0 fully saturated rings. The summed E-state index contributed by atoms with van der Waals surface area (Å²) < 4.78 is 26.6. The van der Waals surface area contributed by atoms with Crippen LogP contribution in [0.1, 0.15) is 13.3 Å². The third-order valence-electron chi connectivity index (χ3n) is 5.17. The van der Waals surface area contributed by atoms with Crippen LogP contribution in [0.25, 0.3) is 0 Å². The van der Waals surface area contributed by atoms with Crippen molar-refractivity contribution < 1.29 is 32.7 Å². The molecule has 0 aliphatic heterocycles. The molecule has 0 aliphatic carbocycles. The molecule has 2 amide bonds. The summed E-state index contributed by atoms with van der Waals surface area (Å²) in [6.07, 6.45) is -0.756. The van der Waals surface area contributed by atoms with Gasteiger partial charge in [0.05, 0.1) is 32.8 Å². The van der Waals surface area contributed by atoms with Gasteiger partial charge in [0.25, 0.3) is 0 Å². The number of carboxylic acid groups (broad SMARTS) is 1. The lowest BCUT2D eigenvalue weighted by Crippen LogP contribution is -2.52. The fourth-order valence-corrected chi connectivity index (χ4v) is 5.53. The van der Waals surface area contributed by atoms with Crippen molar-refractivity contribution in [1.29, 1.82) is 0 Å². The Morgan fingerprint density at radius 3 is 2.32 bits per heavy atom. The number of sulfonamides is 1. The maximum atomic E-state index is 12.8. The Labute approximate surface area is 248 Å². The van der Waals surface area contributed by atoms with Crippen LogP contribution in [0.3, 0.4) is 0 Å². The van der Waals surface area contributed by atoms with E-state index in [1.54, 1.807) is 24.3 Å². The van der Waals surface area contributed by atoms with Gasteiger partial charge in [-0.2, -0.15) is 4.80 Å². The molecule has 0 saturated heterocycles. The molecule has 0 saturated carbocycles. The lowest BCUT2D eigenvalue weighted by atomic mass is 10.1. The number of nitrogens with one attached hydrogen (secondary N) is 3. The Morgan fingerprint density at radius 2 is 1.68 bits per heavy atom. The molecule has 0 bridgehead atoms. The normalized spacial score (nSPS) is 12.8. The van der Waals surface area contributed by atoms with Gasteiger partial charge in [-0.1, -0.05) is 47.5 Å². The van der Waals surface area contributed by atoms with Crippen LogP contribution >= 0.6 is 35.0 Å². The Hall–Kier alpha value is -3.57. The number of Topliss-reactive ketones (excluding diaryl/α,β-unsaturated/α-hetero) is 1. The predicted molar refractivity (Wildman–Crippen MR) is 147 cm³/mol. The van der Waals surface area contributed by atoms with Gasteiger partial charge in [-0.05, 0) is 48.2 Å². The van der Waals surface area contributed by atoms with Gasteiger partial charge in [0.1, 0.15) is 18.6 Å². The van der Waals surface area contributed by atoms with Crippen LogP contribution in [-0.4, -0.2) is 75.9 Å².